The summed E-state index contributed by atoms with van der Waals surface area (Å²) in [7, 11) is 0. The quantitative estimate of drug-likeness (QED) is 0.608. The molecule has 0 N–H and O–H groups in total. The molecular formula is C9H13N3O2. The van der Waals surface area contributed by atoms with Crippen molar-refractivity contribution in [3.05, 3.63) is 18.7 Å². The lowest BCUT2D eigenvalue weighted by Gasteiger charge is -2.30. The number of morpholine rings is 1. The van der Waals surface area contributed by atoms with Gasteiger partial charge in [0.15, 0.2) is 0 Å². The molecule has 0 aliphatic carbocycles. The van der Waals surface area contributed by atoms with E-state index in [2.05, 4.69) is 4.98 Å². The minimum absolute atomic E-state index is 0.0300. The maximum absolute atomic E-state index is 11.8. The van der Waals surface area contributed by atoms with Crippen molar-refractivity contribution in [2.24, 2.45) is 0 Å². The van der Waals surface area contributed by atoms with Crippen LogP contribution in [0.4, 0.5) is 4.79 Å². The summed E-state index contributed by atoms with van der Waals surface area (Å²) < 4.78 is 6.84. The van der Waals surface area contributed by atoms with Crippen LogP contribution in [0, 0.1) is 0 Å². The Bertz CT molecular complexity index is 310. The van der Waals surface area contributed by atoms with Crippen molar-refractivity contribution in [2.45, 2.75) is 13.0 Å². The van der Waals surface area contributed by atoms with Gasteiger partial charge in [0.05, 0.1) is 12.7 Å². The molecule has 0 spiro atoms. The van der Waals surface area contributed by atoms with Gasteiger partial charge in [-0.2, -0.15) is 0 Å². The number of imidazole rings is 1. The molecule has 1 fully saturated rings. The third-order valence-corrected chi connectivity index (χ3v) is 2.24. The number of ether oxygens (including phenoxy) is 1. The van der Waals surface area contributed by atoms with Gasteiger partial charge in [-0.1, -0.05) is 0 Å². The molecule has 1 unspecified atom stereocenters. The van der Waals surface area contributed by atoms with Crippen LogP contribution in [0.2, 0.25) is 0 Å². The van der Waals surface area contributed by atoms with E-state index in [1.54, 1.807) is 17.3 Å². The standard InChI is InChI=1S/C9H13N3O2/c1-8-6-11(4-5-14-8)9(13)12-3-2-10-7-12/h2-3,7-8H,4-6H2,1H3. The normalized spacial score (nSPS) is 22.4. The van der Waals surface area contributed by atoms with Crippen molar-refractivity contribution in [1.29, 1.82) is 0 Å². The summed E-state index contributed by atoms with van der Waals surface area (Å²) >= 11 is 0. The van der Waals surface area contributed by atoms with E-state index in [0.717, 1.165) is 0 Å². The van der Waals surface area contributed by atoms with Crippen LogP contribution in [0.15, 0.2) is 18.7 Å². The molecule has 1 aliphatic heterocycles. The van der Waals surface area contributed by atoms with Crippen LogP contribution in [0.5, 0.6) is 0 Å². The lowest BCUT2D eigenvalue weighted by Crippen LogP contribution is -2.45. The molecule has 5 heteroatoms. The molecule has 1 amide bonds. The molecular weight excluding hydrogens is 182 g/mol. The van der Waals surface area contributed by atoms with E-state index in [4.69, 9.17) is 4.74 Å². The molecule has 5 nitrogen and oxygen atoms in total. The Labute approximate surface area is 82.3 Å². The third kappa shape index (κ3) is 1.77. The Morgan fingerprint density at radius 2 is 2.50 bits per heavy atom. The molecule has 0 bridgehead atoms. The van der Waals surface area contributed by atoms with Crippen LogP contribution in [-0.2, 0) is 4.74 Å². The summed E-state index contributed by atoms with van der Waals surface area (Å²) in [6.45, 7) is 3.88. The summed E-state index contributed by atoms with van der Waals surface area (Å²) in [6, 6.07) is -0.0300. The number of amides is 1. The van der Waals surface area contributed by atoms with Crippen LogP contribution in [-0.4, -0.2) is 46.3 Å². The minimum atomic E-state index is -0.0300. The van der Waals surface area contributed by atoms with Crippen LogP contribution < -0.4 is 0 Å². The zero-order chi connectivity index (χ0) is 9.97. The molecule has 1 aromatic heterocycles. The first kappa shape index (κ1) is 9.21. The van der Waals surface area contributed by atoms with Crippen molar-refractivity contribution in [3.8, 4) is 0 Å². The molecule has 0 radical (unpaired) electrons. The second-order valence-corrected chi connectivity index (χ2v) is 3.38. The Morgan fingerprint density at radius 3 is 3.14 bits per heavy atom. The van der Waals surface area contributed by atoms with Gasteiger partial charge in [0.1, 0.15) is 6.33 Å². The van der Waals surface area contributed by atoms with Gasteiger partial charge < -0.3 is 9.64 Å². The van der Waals surface area contributed by atoms with Crippen molar-refractivity contribution in [2.75, 3.05) is 19.7 Å². The molecule has 2 rings (SSSR count). The van der Waals surface area contributed by atoms with E-state index in [0.29, 0.717) is 19.7 Å². The highest BCUT2D eigenvalue weighted by Crippen LogP contribution is 2.06. The van der Waals surface area contributed by atoms with Crippen molar-refractivity contribution in [3.63, 3.8) is 0 Å². The van der Waals surface area contributed by atoms with Crippen molar-refractivity contribution in [1.82, 2.24) is 14.5 Å². The topological polar surface area (TPSA) is 47.4 Å². The van der Waals surface area contributed by atoms with Crippen LogP contribution in [0.25, 0.3) is 0 Å². The number of carbonyl (C=O) groups is 1. The summed E-state index contributed by atoms with van der Waals surface area (Å²) in [6.07, 6.45) is 4.89. The zero-order valence-electron chi connectivity index (χ0n) is 8.09. The molecule has 0 saturated carbocycles. The number of rotatable bonds is 0. The van der Waals surface area contributed by atoms with Gasteiger partial charge in [-0.15, -0.1) is 0 Å². The van der Waals surface area contributed by atoms with Gasteiger partial charge >= 0.3 is 6.03 Å². The van der Waals surface area contributed by atoms with Gasteiger partial charge in [0, 0.05) is 25.5 Å². The van der Waals surface area contributed by atoms with Gasteiger partial charge in [0.2, 0.25) is 0 Å². The first-order chi connectivity index (χ1) is 6.77. The first-order valence-electron chi connectivity index (χ1n) is 4.66. The van der Waals surface area contributed by atoms with E-state index in [1.807, 2.05) is 6.92 Å². The van der Waals surface area contributed by atoms with Gasteiger partial charge in [0.25, 0.3) is 0 Å². The smallest absolute Gasteiger partial charge is 0.329 e. The fourth-order valence-electron chi connectivity index (χ4n) is 1.53. The number of hydrogen-bond donors (Lipinski definition) is 0. The fraction of sp³-hybridized carbons (Fsp3) is 0.556. The Kier molecular flexibility index (Phi) is 2.49. The second kappa shape index (κ2) is 3.79. The Morgan fingerprint density at radius 1 is 1.64 bits per heavy atom. The van der Waals surface area contributed by atoms with Crippen LogP contribution >= 0.6 is 0 Å². The molecule has 0 aromatic carbocycles. The van der Waals surface area contributed by atoms with Gasteiger partial charge in [-0.05, 0) is 6.92 Å². The fourth-order valence-corrected chi connectivity index (χ4v) is 1.53. The lowest BCUT2D eigenvalue weighted by atomic mass is 10.3. The summed E-state index contributed by atoms with van der Waals surface area (Å²) in [5, 5.41) is 0. The van der Waals surface area contributed by atoms with Crippen LogP contribution in [0.1, 0.15) is 6.92 Å². The molecule has 14 heavy (non-hydrogen) atoms. The SMILES string of the molecule is CC1CN(C(=O)n2ccnc2)CCO1. The monoisotopic (exact) mass is 195 g/mol. The molecule has 1 aliphatic rings. The van der Waals surface area contributed by atoms with Crippen molar-refractivity contribution < 1.29 is 9.53 Å². The molecule has 76 valence electrons. The van der Waals surface area contributed by atoms with E-state index in [-0.39, 0.29) is 12.1 Å². The summed E-state index contributed by atoms with van der Waals surface area (Å²) in [4.78, 5) is 17.4. The average molecular weight is 195 g/mol. The largest absolute Gasteiger partial charge is 0.375 e. The molecule has 1 atom stereocenters. The molecule has 2 heterocycles. The Hall–Kier alpha value is -1.36. The van der Waals surface area contributed by atoms with Crippen molar-refractivity contribution >= 4 is 6.03 Å². The number of nitrogens with zero attached hydrogens (tertiary/aromatic N) is 3. The molecule has 1 saturated heterocycles. The van der Waals surface area contributed by atoms with E-state index >= 15 is 0 Å². The average Bonchev–Trinajstić information content (AvgIpc) is 2.69. The van der Waals surface area contributed by atoms with Gasteiger partial charge in [-0.3, -0.25) is 4.57 Å². The van der Waals surface area contributed by atoms with E-state index in [9.17, 15) is 4.79 Å². The predicted octanol–water partition coefficient (Wildman–Crippen LogP) is 0.572. The Balaban J connectivity index is 2.04. The van der Waals surface area contributed by atoms with E-state index < -0.39 is 0 Å². The van der Waals surface area contributed by atoms with Gasteiger partial charge in [-0.25, -0.2) is 9.78 Å². The number of hydrogen-bond acceptors (Lipinski definition) is 3. The molecule has 1 aromatic rings. The lowest BCUT2D eigenvalue weighted by molar-refractivity contribution is -0.00328. The first-order valence-corrected chi connectivity index (χ1v) is 4.66. The van der Waals surface area contributed by atoms with Crippen LogP contribution in [0.3, 0.4) is 0 Å². The number of carbonyl (C=O) groups excluding carboxylic acids is 1. The highest BCUT2D eigenvalue weighted by molar-refractivity contribution is 5.76. The maximum atomic E-state index is 11.8. The number of aromatic nitrogens is 2. The second-order valence-electron chi connectivity index (χ2n) is 3.38. The highest BCUT2D eigenvalue weighted by atomic mass is 16.5. The zero-order valence-corrected chi connectivity index (χ0v) is 8.09. The third-order valence-electron chi connectivity index (χ3n) is 2.24. The predicted molar refractivity (Wildman–Crippen MR) is 50.0 cm³/mol. The maximum Gasteiger partial charge on any atom is 0.329 e. The van der Waals surface area contributed by atoms with E-state index in [1.165, 1.54) is 10.9 Å². The summed E-state index contributed by atoms with van der Waals surface area (Å²) in [5.41, 5.74) is 0. The highest BCUT2D eigenvalue weighted by Gasteiger charge is 2.21. The minimum Gasteiger partial charge on any atom is -0.375 e. The summed E-state index contributed by atoms with van der Waals surface area (Å²) in [5.74, 6) is 0.